The molecule has 146 valence electrons. The molecule has 3 heterocycles. The van der Waals surface area contributed by atoms with E-state index in [0.717, 1.165) is 0 Å². The van der Waals surface area contributed by atoms with Crippen molar-refractivity contribution >= 4 is 11.8 Å². The van der Waals surface area contributed by atoms with Gasteiger partial charge in [-0.3, -0.25) is 9.59 Å². The molecule has 0 aliphatic carbocycles. The molecular weight excluding hydrogens is 351 g/mol. The summed E-state index contributed by atoms with van der Waals surface area (Å²) in [5.74, 6) is -1.20. The van der Waals surface area contributed by atoms with E-state index in [1.165, 1.54) is 12.1 Å². The van der Waals surface area contributed by atoms with Crippen molar-refractivity contribution < 1.29 is 23.5 Å². The van der Waals surface area contributed by atoms with E-state index in [1.807, 2.05) is 4.90 Å². The minimum absolute atomic E-state index is 0.0749. The summed E-state index contributed by atoms with van der Waals surface area (Å²) >= 11 is 0. The lowest BCUT2D eigenvalue weighted by atomic mass is 9.93. The number of hydrogen-bond acceptors (Lipinski definition) is 4. The summed E-state index contributed by atoms with van der Waals surface area (Å²) in [6.45, 7) is 3.51. The van der Waals surface area contributed by atoms with Crippen LogP contribution in [0.25, 0.3) is 0 Å². The number of benzene rings is 1. The molecule has 3 aliphatic rings. The molecule has 1 aromatic rings. The van der Waals surface area contributed by atoms with Crippen molar-refractivity contribution in [2.24, 2.45) is 5.92 Å². The van der Waals surface area contributed by atoms with Crippen molar-refractivity contribution in [2.45, 2.75) is 31.5 Å². The number of nitrogens with zero attached hydrogens (tertiary/aromatic N) is 2. The van der Waals surface area contributed by atoms with Gasteiger partial charge in [0.15, 0.2) is 5.79 Å². The highest BCUT2D eigenvalue weighted by atomic mass is 19.1. The van der Waals surface area contributed by atoms with E-state index >= 15 is 0 Å². The Kier molecular flexibility index (Phi) is 5.14. The fourth-order valence-corrected chi connectivity index (χ4v) is 4.25. The lowest BCUT2D eigenvalue weighted by molar-refractivity contribution is -0.188. The van der Waals surface area contributed by atoms with Gasteiger partial charge in [-0.2, -0.15) is 0 Å². The summed E-state index contributed by atoms with van der Waals surface area (Å²) in [5, 5.41) is 0. The average molecular weight is 376 g/mol. The number of halogens is 1. The third-order valence-electron chi connectivity index (χ3n) is 5.89. The van der Waals surface area contributed by atoms with Crippen molar-refractivity contribution in [1.82, 2.24) is 9.80 Å². The first kappa shape index (κ1) is 18.4. The van der Waals surface area contributed by atoms with Crippen molar-refractivity contribution in [3.05, 3.63) is 35.6 Å². The van der Waals surface area contributed by atoms with E-state index in [-0.39, 0.29) is 23.3 Å². The maximum atomic E-state index is 13.8. The Morgan fingerprint density at radius 3 is 2.22 bits per heavy atom. The Hall–Kier alpha value is -1.99. The van der Waals surface area contributed by atoms with Gasteiger partial charge in [0, 0.05) is 44.9 Å². The molecule has 0 unspecified atom stereocenters. The largest absolute Gasteiger partial charge is 0.347 e. The van der Waals surface area contributed by atoms with Gasteiger partial charge in [0.25, 0.3) is 5.91 Å². The monoisotopic (exact) mass is 376 g/mol. The molecule has 3 fully saturated rings. The van der Waals surface area contributed by atoms with E-state index in [9.17, 15) is 14.0 Å². The predicted molar refractivity (Wildman–Crippen MR) is 95.5 cm³/mol. The third-order valence-corrected chi connectivity index (χ3v) is 5.89. The van der Waals surface area contributed by atoms with Crippen molar-refractivity contribution in [3.8, 4) is 0 Å². The van der Waals surface area contributed by atoms with Gasteiger partial charge in [0.2, 0.25) is 5.91 Å². The lowest BCUT2D eigenvalue weighted by Gasteiger charge is -2.40. The fourth-order valence-electron chi connectivity index (χ4n) is 4.25. The Balaban J connectivity index is 1.29. The zero-order chi connectivity index (χ0) is 18.9. The number of hydrogen-bond donors (Lipinski definition) is 0. The molecule has 0 aromatic heterocycles. The molecule has 1 aromatic carbocycles. The molecule has 4 rings (SSSR count). The number of amides is 2. The van der Waals surface area contributed by atoms with Gasteiger partial charge in [0.1, 0.15) is 5.82 Å². The highest BCUT2D eigenvalue weighted by Gasteiger charge is 2.42. The summed E-state index contributed by atoms with van der Waals surface area (Å²) in [6.07, 6.45) is 2.66. The fraction of sp³-hybridized carbons (Fsp3) is 0.600. The quantitative estimate of drug-likeness (QED) is 0.793. The van der Waals surface area contributed by atoms with Gasteiger partial charge in [0.05, 0.1) is 18.8 Å². The van der Waals surface area contributed by atoms with E-state index in [4.69, 9.17) is 9.47 Å². The first-order valence-corrected chi connectivity index (χ1v) is 9.68. The van der Waals surface area contributed by atoms with Crippen LogP contribution >= 0.6 is 0 Å². The van der Waals surface area contributed by atoms with Gasteiger partial charge < -0.3 is 19.3 Å². The summed E-state index contributed by atoms with van der Waals surface area (Å²) in [6, 6.07) is 6.03. The number of piperidine rings is 2. The predicted octanol–water partition coefficient (Wildman–Crippen LogP) is 2.04. The van der Waals surface area contributed by atoms with Crippen LogP contribution in [-0.4, -0.2) is 66.8 Å². The SMILES string of the molecule is O=C(c1ccccc1F)N1CCC(C(=O)N2CCC3(CC2)OCCO3)CC1. The van der Waals surface area contributed by atoms with E-state index in [2.05, 4.69) is 0 Å². The van der Waals surface area contributed by atoms with Crippen LogP contribution in [0.3, 0.4) is 0 Å². The van der Waals surface area contributed by atoms with E-state index in [0.29, 0.717) is 65.1 Å². The Labute approximate surface area is 158 Å². The van der Waals surface area contributed by atoms with Gasteiger partial charge in [-0.25, -0.2) is 4.39 Å². The number of ether oxygens (including phenoxy) is 2. The van der Waals surface area contributed by atoms with Crippen LogP contribution in [0.5, 0.6) is 0 Å². The molecule has 2 amide bonds. The second-order valence-electron chi connectivity index (χ2n) is 7.48. The van der Waals surface area contributed by atoms with Crippen LogP contribution < -0.4 is 0 Å². The van der Waals surface area contributed by atoms with Crippen LogP contribution in [0.2, 0.25) is 0 Å². The standard InChI is InChI=1S/C20H25FN2O4/c21-17-4-2-1-3-16(17)19(25)22-9-5-15(6-10-22)18(24)23-11-7-20(8-12-23)26-13-14-27-20/h1-4,15H,5-14H2. The number of rotatable bonds is 2. The van der Waals surface area contributed by atoms with Crippen LogP contribution in [-0.2, 0) is 14.3 Å². The number of likely N-dealkylation sites (tertiary alicyclic amines) is 2. The zero-order valence-electron chi connectivity index (χ0n) is 15.4. The first-order valence-electron chi connectivity index (χ1n) is 9.68. The molecule has 0 radical (unpaired) electrons. The summed E-state index contributed by atoms with van der Waals surface area (Å²) < 4.78 is 25.3. The summed E-state index contributed by atoms with van der Waals surface area (Å²) in [5.41, 5.74) is 0.0974. The molecule has 0 bridgehead atoms. The molecule has 0 atom stereocenters. The molecule has 27 heavy (non-hydrogen) atoms. The number of carbonyl (C=O) groups is 2. The van der Waals surface area contributed by atoms with Crippen LogP contribution in [0.15, 0.2) is 24.3 Å². The van der Waals surface area contributed by atoms with Crippen LogP contribution in [0.4, 0.5) is 4.39 Å². The molecule has 3 aliphatic heterocycles. The van der Waals surface area contributed by atoms with Crippen molar-refractivity contribution in [3.63, 3.8) is 0 Å². The number of carbonyl (C=O) groups excluding carboxylic acids is 2. The first-order chi connectivity index (χ1) is 13.1. The Bertz CT molecular complexity index is 702. The van der Waals surface area contributed by atoms with Gasteiger partial charge >= 0.3 is 0 Å². The normalized spacial score (nSPS) is 23.0. The highest BCUT2D eigenvalue weighted by Crippen LogP contribution is 2.32. The van der Waals surface area contributed by atoms with E-state index < -0.39 is 11.6 Å². The van der Waals surface area contributed by atoms with Crippen LogP contribution in [0, 0.1) is 11.7 Å². The van der Waals surface area contributed by atoms with Crippen molar-refractivity contribution in [1.29, 1.82) is 0 Å². The topological polar surface area (TPSA) is 59.1 Å². The molecule has 3 saturated heterocycles. The maximum Gasteiger partial charge on any atom is 0.256 e. The summed E-state index contributed by atoms with van der Waals surface area (Å²) in [7, 11) is 0. The van der Waals surface area contributed by atoms with Gasteiger partial charge in [-0.1, -0.05) is 12.1 Å². The molecular formula is C20H25FN2O4. The second kappa shape index (κ2) is 7.56. The third kappa shape index (κ3) is 3.71. The van der Waals surface area contributed by atoms with Gasteiger partial charge in [-0.15, -0.1) is 0 Å². The zero-order valence-corrected chi connectivity index (χ0v) is 15.4. The molecule has 0 N–H and O–H groups in total. The molecule has 1 spiro atoms. The highest BCUT2D eigenvalue weighted by molar-refractivity contribution is 5.94. The smallest absolute Gasteiger partial charge is 0.256 e. The van der Waals surface area contributed by atoms with E-state index in [1.54, 1.807) is 17.0 Å². The van der Waals surface area contributed by atoms with Gasteiger partial charge in [-0.05, 0) is 25.0 Å². The van der Waals surface area contributed by atoms with Crippen molar-refractivity contribution in [2.75, 3.05) is 39.4 Å². The Morgan fingerprint density at radius 1 is 0.963 bits per heavy atom. The maximum absolute atomic E-state index is 13.8. The summed E-state index contributed by atoms with van der Waals surface area (Å²) in [4.78, 5) is 28.9. The molecule has 0 saturated carbocycles. The molecule has 7 heteroatoms. The second-order valence-corrected chi connectivity index (χ2v) is 7.48. The molecule has 6 nitrogen and oxygen atoms in total. The minimum Gasteiger partial charge on any atom is -0.347 e. The minimum atomic E-state index is -0.501. The lowest BCUT2D eigenvalue weighted by Crippen LogP contribution is -2.50. The average Bonchev–Trinajstić information content (AvgIpc) is 3.16. The Morgan fingerprint density at radius 2 is 1.59 bits per heavy atom. The van der Waals surface area contributed by atoms with Crippen LogP contribution in [0.1, 0.15) is 36.0 Å².